The molecule has 0 aromatic heterocycles. The number of para-hydroxylation sites is 1. The van der Waals surface area contributed by atoms with Crippen molar-refractivity contribution in [1.29, 1.82) is 0 Å². The summed E-state index contributed by atoms with van der Waals surface area (Å²) in [5.74, 6) is 0.887. The van der Waals surface area contributed by atoms with Gasteiger partial charge >= 0.3 is 0 Å². The van der Waals surface area contributed by atoms with Gasteiger partial charge in [-0.1, -0.05) is 18.2 Å². The van der Waals surface area contributed by atoms with Crippen LogP contribution in [0.15, 0.2) is 42.3 Å². The molecule has 0 spiro atoms. The molecule has 1 heterocycles. The quantitative estimate of drug-likeness (QED) is 0.746. The molecule has 0 amide bonds. The molecule has 0 bridgehead atoms. The van der Waals surface area contributed by atoms with Crippen molar-refractivity contribution in [3.05, 3.63) is 42.3 Å². The molecule has 0 aliphatic carbocycles. The Morgan fingerprint density at radius 2 is 2.00 bits per heavy atom. The number of allylic oxidation sites excluding steroid dienone is 1. The van der Waals surface area contributed by atoms with Crippen LogP contribution in [-0.2, 0) is 4.74 Å². The van der Waals surface area contributed by atoms with Gasteiger partial charge in [0.1, 0.15) is 0 Å². The first-order valence-electron chi connectivity index (χ1n) is 4.60. The Kier molecular flexibility index (Phi) is 2.51. The Balaban J connectivity index is 2.01. The number of rotatable bonds is 2. The van der Waals surface area contributed by atoms with Gasteiger partial charge in [-0.15, -0.1) is 0 Å². The highest BCUT2D eigenvalue weighted by atomic mass is 16.5. The Bertz CT molecular complexity index is 292. The van der Waals surface area contributed by atoms with Crippen LogP contribution in [0.2, 0.25) is 0 Å². The summed E-state index contributed by atoms with van der Waals surface area (Å²) in [5.41, 5.74) is 1.08. The second-order valence-corrected chi connectivity index (χ2v) is 3.05. The van der Waals surface area contributed by atoms with Gasteiger partial charge in [0.25, 0.3) is 0 Å². The zero-order valence-electron chi connectivity index (χ0n) is 7.49. The van der Waals surface area contributed by atoms with Crippen LogP contribution in [0.25, 0.3) is 0 Å². The van der Waals surface area contributed by atoms with Crippen LogP contribution >= 0.6 is 0 Å². The molecule has 0 radical (unpaired) electrons. The second kappa shape index (κ2) is 3.99. The van der Waals surface area contributed by atoms with E-state index in [1.165, 1.54) is 0 Å². The van der Waals surface area contributed by atoms with E-state index < -0.39 is 0 Å². The molecule has 2 rings (SSSR count). The van der Waals surface area contributed by atoms with E-state index in [4.69, 9.17) is 4.74 Å². The Labute approximate surface area is 78.2 Å². The molecular weight excluding hydrogens is 162 g/mol. The van der Waals surface area contributed by atoms with Gasteiger partial charge in [0.2, 0.25) is 0 Å². The van der Waals surface area contributed by atoms with Gasteiger partial charge < -0.3 is 10.1 Å². The summed E-state index contributed by atoms with van der Waals surface area (Å²) in [6.07, 6.45) is 4.33. The minimum atomic E-state index is 0.825. The van der Waals surface area contributed by atoms with Crippen molar-refractivity contribution in [2.24, 2.45) is 0 Å². The van der Waals surface area contributed by atoms with Gasteiger partial charge in [0, 0.05) is 5.69 Å². The first-order valence-corrected chi connectivity index (χ1v) is 4.60. The summed E-state index contributed by atoms with van der Waals surface area (Å²) in [6, 6.07) is 10.1. The van der Waals surface area contributed by atoms with Gasteiger partial charge in [-0.05, 0) is 31.1 Å². The molecule has 2 heteroatoms. The number of ether oxygens (including phenoxy) is 1. The predicted octanol–water partition coefficient (Wildman–Crippen LogP) is 2.75. The second-order valence-electron chi connectivity index (χ2n) is 3.05. The fourth-order valence-electron chi connectivity index (χ4n) is 1.31. The van der Waals surface area contributed by atoms with Crippen LogP contribution in [0.1, 0.15) is 12.8 Å². The highest BCUT2D eigenvalue weighted by Crippen LogP contribution is 2.14. The van der Waals surface area contributed by atoms with Gasteiger partial charge in [-0.2, -0.15) is 0 Å². The third kappa shape index (κ3) is 2.25. The average molecular weight is 175 g/mol. The van der Waals surface area contributed by atoms with Crippen LogP contribution in [0.3, 0.4) is 0 Å². The average Bonchev–Trinajstić information content (AvgIpc) is 2.21. The summed E-state index contributed by atoms with van der Waals surface area (Å²) >= 11 is 0. The van der Waals surface area contributed by atoms with Crippen molar-refractivity contribution < 1.29 is 4.74 Å². The third-order valence-corrected chi connectivity index (χ3v) is 1.98. The SMILES string of the molecule is C1=C(Nc2ccccc2)OCCC1. The standard InChI is InChI=1S/C11H13NO/c1-2-6-10(7-3-1)12-11-8-4-5-9-13-11/h1-3,6-8,12H,4-5,9H2. The van der Waals surface area contributed by atoms with Crippen molar-refractivity contribution in [3.8, 4) is 0 Å². The van der Waals surface area contributed by atoms with Crippen molar-refractivity contribution in [2.75, 3.05) is 11.9 Å². The zero-order valence-corrected chi connectivity index (χ0v) is 7.49. The number of benzene rings is 1. The highest BCUT2D eigenvalue weighted by Gasteiger charge is 2.02. The summed E-state index contributed by atoms with van der Waals surface area (Å²) < 4.78 is 5.43. The highest BCUT2D eigenvalue weighted by molar-refractivity contribution is 5.46. The lowest BCUT2D eigenvalue weighted by molar-refractivity contribution is 0.199. The molecule has 1 aliphatic heterocycles. The number of anilines is 1. The topological polar surface area (TPSA) is 21.3 Å². The fourth-order valence-corrected chi connectivity index (χ4v) is 1.31. The molecule has 0 saturated carbocycles. The Morgan fingerprint density at radius 3 is 2.69 bits per heavy atom. The predicted molar refractivity (Wildman–Crippen MR) is 53.3 cm³/mol. The van der Waals surface area contributed by atoms with E-state index in [0.717, 1.165) is 31.0 Å². The minimum Gasteiger partial charge on any atom is -0.479 e. The molecule has 13 heavy (non-hydrogen) atoms. The van der Waals surface area contributed by atoms with E-state index in [1.54, 1.807) is 0 Å². The first kappa shape index (κ1) is 8.17. The van der Waals surface area contributed by atoms with E-state index in [1.807, 2.05) is 30.3 Å². The summed E-state index contributed by atoms with van der Waals surface area (Å²) in [7, 11) is 0. The lowest BCUT2D eigenvalue weighted by Crippen LogP contribution is -2.08. The number of hydrogen-bond acceptors (Lipinski definition) is 2. The molecule has 0 fully saturated rings. The van der Waals surface area contributed by atoms with E-state index in [0.29, 0.717) is 0 Å². The molecule has 1 aromatic carbocycles. The van der Waals surface area contributed by atoms with Crippen LogP contribution in [0.5, 0.6) is 0 Å². The smallest absolute Gasteiger partial charge is 0.186 e. The number of nitrogens with one attached hydrogen (secondary N) is 1. The summed E-state index contributed by atoms with van der Waals surface area (Å²) in [4.78, 5) is 0. The Morgan fingerprint density at radius 1 is 1.15 bits per heavy atom. The molecule has 1 N–H and O–H groups in total. The van der Waals surface area contributed by atoms with Gasteiger partial charge in [0.05, 0.1) is 6.61 Å². The van der Waals surface area contributed by atoms with Crippen molar-refractivity contribution in [3.63, 3.8) is 0 Å². The maximum atomic E-state index is 5.43. The van der Waals surface area contributed by atoms with Gasteiger partial charge in [0.15, 0.2) is 5.88 Å². The monoisotopic (exact) mass is 175 g/mol. The molecule has 0 unspecified atom stereocenters. The summed E-state index contributed by atoms with van der Waals surface area (Å²) in [6.45, 7) is 0.825. The molecule has 1 aromatic rings. The van der Waals surface area contributed by atoms with E-state index >= 15 is 0 Å². The van der Waals surface area contributed by atoms with Gasteiger partial charge in [-0.3, -0.25) is 0 Å². The van der Waals surface area contributed by atoms with Crippen molar-refractivity contribution >= 4 is 5.69 Å². The molecular formula is C11H13NO. The minimum absolute atomic E-state index is 0.825. The van der Waals surface area contributed by atoms with Crippen LogP contribution < -0.4 is 5.32 Å². The largest absolute Gasteiger partial charge is 0.479 e. The lowest BCUT2D eigenvalue weighted by atomic mass is 10.2. The van der Waals surface area contributed by atoms with Crippen molar-refractivity contribution in [2.45, 2.75) is 12.8 Å². The maximum absolute atomic E-state index is 5.43. The molecule has 1 aliphatic rings. The van der Waals surface area contributed by atoms with Crippen LogP contribution in [0.4, 0.5) is 5.69 Å². The third-order valence-electron chi connectivity index (χ3n) is 1.98. The fraction of sp³-hybridized carbons (Fsp3) is 0.273. The van der Waals surface area contributed by atoms with E-state index in [2.05, 4.69) is 11.4 Å². The number of hydrogen-bond donors (Lipinski definition) is 1. The maximum Gasteiger partial charge on any atom is 0.186 e. The normalized spacial score (nSPS) is 15.8. The first-order chi connectivity index (χ1) is 6.45. The molecule has 68 valence electrons. The summed E-state index contributed by atoms with van der Waals surface area (Å²) in [5, 5.41) is 3.22. The van der Waals surface area contributed by atoms with Gasteiger partial charge in [-0.25, -0.2) is 0 Å². The molecule has 0 atom stereocenters. The lowest BCUT2D eigenvalue weighted by Gasteiger charge is -2.16. The van der Waals surface area contributed by atoms with E-state index in [-0.39, 0.29) is 0 Å². The van der Waals surface area contributed by atoms with Crippen LogP contribution in [-0.4, -0.2) is 6.61 Å². The molecule has 0 saturated heterocycles. The van der Waals surface area contributed by atoms with Crippen LogP contribution in [0, 0.1) is 0 Å². The molecule has 2 nitrogen and oxygen atoms in total. The van der Waals surface area contributed by atoms with Crippen molar-refractivity contribution in [1.82, 2.24) is 0 Å². The Hall–Kier alpha value is -1.44. The zero-order chi connectivity index (χ0) is 8.93. The van der Waals surface area contributed by atoms with E-state index in [9.17, 15) is 0 Å².